The van der Waals surface area contributed by atoms with E-state index in [0.29, 0.717) is 33.3 Å². The Morgan fingerprint density at radius 2 is 1.86 bits per heavy atom. The zero-order valence-corrected chi connectivity index (χ0v) is 21.1. The number of carbonyl (C=O) groups excluding carboxylic acids is 4. The number of methoxy groups -OCH3 is 1. The van der Waals surface area contributed by atoms with Crippen LogP contribution in [-0.2, 0) is 32.0 Å². The van der Waals surface area contributed by atoms with Gasteiger partial charge in [-0.05, 0) is 63.3 Å². The lowest BCUT2D eigenvalue weighted by Gasteiger charge is -2.12. The van der Waals surface area contributed by atoms with Crippen molar-refractivity contribution in [3.8, 4) is 11.5 Å². The van der Waals surface area contributed by atoms with Gasteiger partial charge in [-0.3, -0.25) is 14.4 Å². The largest absolute Gasteiger partial charge is 0.493 e. The number of aryl methyl sites for hydroxylation is 1. The second kappa shape index (κ2) is 12.2. The van der Waals surface area contributed by atoms with Gasteiger partial charge in [-0.15, -0.1) is 11.3 Å². The number of rotatable bonds is 9. The maximum Gasteiger partial charge on any atom is 0.341 e. The zero-order chi connectivity index (χ0) is 26.2. The van der Waals surface area contributed by atoms with Crippen LogP contribution in [0.1, 0.15) is 53.1 Å². The van der Waals surface area contributed by atoms with E-state index in [1.807, 2.05) is 0 Å². The first-order valence-electron chi connectivity index (χ1n) is 11.3. The molecule has 1 aromatic heterocycles. The number of benzene rings is 1. The van der Waals surface area contributed by atoms with Crippen LogP contribution in [0.2, 0.25) is 0 Å². The summed E-state index contributed by atoms with van der Waals surface area (Å²) in [4.78, 5) is 49.5. The molecular formula is C24H28N4O7S. The highest BCUT2D eigenvalue weighted by Gasteiger charge is 2.28. The standard InChI is InChI=1S/C24H28N4O7S/c1-4-34-24(32)20-15-7-5-6-8-18(15)36-23(20)26-21(30)22(31)28-27-13(2)14-9-10-16(17(11-14)33-3)35-12-19(25)29/h9-11H,4-8,12H2,1-3H3,(H2,25,29)(H,26,30)(H,28,31). The van der Waals surface area contributed by atoms with E-state index in [9.17, 15) is 19.2 Å². The molecule has 1 aromatic carbocycles. The first kappa shape index (κ1) is 26.7. The van der Waals surface area contributed by atoms with Crippen molar-refractivity contribution >= 4 is 45.7 Å². The second-order valence-electron chi connectivity index (χ2n) is 7.85. The predicted octanol–water partition coefficient (Wildman–Crippen LogP) is 2.16. The molecule has 3 amide bonds. The summed E-state index contributed by atoms with van der Waals surface area (Å²) in [5.74, 6) is -2.45. The van der Waals surface area contributed by atoms with Crippen molar-refractivity contribution in [2.45, 2.75) is 39.5 Å². The molecule has 12 heteroatoms. The Morgan fingerprint density at radius 1 is 1.11 bits per heavy atom. The Hall–Kier alpha value is -3.93. The molecule has 0 aliphatic heterocycles. The molecule has 36 heavy (non-hydrogen) atoms. The molecule has 0 radical (unpaired) electrons. The van der Waals surface area contributed by atoms with Gasteiger partial charge in [0, 0.05) is 10.4 Å². The number of thiophene rings is 1. The average molecular weight is 517 g/mol. The molecule has 0 spiro atoms. The molecular weight excluding hydrogens is 488 g/mol. The van der Waals surface area contributed by atoms with Crippen molar-refractivity contribution in [3.63, 3.8) is 0 Å². The van der Waals surface area contributed by atoms with Crippen molar-refractivity contribution in [1.82, 2.24) is 5.43 Å². The van der Waals surface area contributed by atoms with Crippen molar-refractivity contribution in [3.05, 3.63) is 39.8 Å². The van der Waals surface area contributed by atoms with Crippen LogP contribution in [0.25, 0.3) is 0 Å². The quantitative estimate of drug-likeness (QED) is 0.199. The number of primary amides is 1. The summed E-state index contributed by atoms with van der Waals surface area (Å²) >= 11 is 1.29. The molecule has 1 aliphatic carbocycles. The molecule has 0 saturated heterocycles. The van der Waals surface area contributed by atoms with Crippen LogP contribution in [0.3, 0.4) is 0 Å². The lowest BCUT2D eigenvalue weighted by molar-refractivity contribution is -0.136. The van der Waals surface area contributed by atoms with Crippen LogP contribution >= 0.6 is 11.3 Å². The fourth-order valence-electron chi connectivity index (χ4n) is 3.64. The summed E-state index contributed by atoms with van der Waals surface area (Å²) in [5, 5.41) is 6.83. The van der Waals surface area contributed by atoms with Crippen molar-refractivity contribution < 1.29 is 33.4 Å². The van der Waals surface area contributed by atoms with E-state index in [1.165, 1.54) is 18.4 Å². The van der Waals surface area contributed by atoms with E-state index >= 15 is 0 Å². The van der Waals surface area contributed by atoms with Crippen molar-refractivity contribution in [2.24, 2.45) is 10.8 Å². The van der Waals surface area contributed by atoms with Gasteiger partial charge in [-0.2, -0.15) is 5.10 Å². The maximum absolute atomic E-state index is 12.6. The fraction of sp³-hybridized carbons (Fsp3) is 0.375. The number of fused-ring (bicyclic) bond motifs is 1. The number of ether oxygens (including phenoxy) is 3. The molecule has 2 aromatic rings. The number of nitrogens with two attached hydrogens (primary N) is 1. The van der Waals surface area contributed by atoms with E-state index < -0.39 is 23.7 Å². The normalized spacial score (nSPS) is 12.8. The summed E-state index contributed by atoms with van der Waals surface area (Å²) in [6.45, 7) is 3.23. The highest BCUT2D eigenvalue weighted by Crippen LogP contribution is 2.38. The molecule has 1 heterocycles. The monoisotopic (exact) mass is 516 g/mol. The second-order valence-corrected chi connectivity index (χ2v) is 8.95. The number of hydrogen-bond acceptors (Lipinski definition) is 9. The Balaban J connectivity index is 1.70. The third-order valence-electron chi connectivity index (χ3n) is 5.36. The Labute approximate surface area is 212 Å². The topological polar surface area (TPSA) is 158 Å². The van der Waals surface area contributed by atoms with E-state index in [1.54, 1.807) is 32.0 Å². The van der Waals surface area contributed by atoms with Crippen LogP contribution < -0.4 is 25.9 Å². The van der Waals surface area contributed by atoms with Gasteiger partial charge in [0.25, 0.3) is 5.91 Å². The van der Waals surface area contributed by atoms with Crippen molar-refractivity contribution in [2.75, 3.05) is 25.6 Å². The highest BCUT2D eigenvalue weighted by atomic mass is 32.1. The first-order chi connectivity index (χ1) is 17.2. The lowest BCUT2D eigenvalue weighted by atomic mass is 9.95. The Bertz CT molecular complexity index is 1210. The first-order valence-corrected chi connectivity index (χ1v) is 12.1. The molecule has 192 valence electrons. The smallest absolute Gasteiger partial charge is 0.341 e. The van der Waals surface area contributed by atoms with Gasteiger partial charge in [0.05, 0.1) is 25.0 Å². The minimum Gasteiger partial charge on any atom is -0.493 e. The van der Waals surface area contributed by atoms with Gasteiger partial charge in [0.15, 0.2) is 18.1 Å². The highest BCUT2D eigenvalue weighted by molar-refractivity contribution is 7.17. The van der Waals surface area contributed by atoms with E-state index in [4.69, 9.17) is 19.9 Å². The van der Waals surface area contributed by atoms with Gasteiger partial charge in [0.1, 0.15) is 5.00 Å². The number of carbonyl (C=O) groups is 4. The van der Waals surface area contributed by atoms with Gasteiger partial charge in [-0.25, -0.2) is 10.2 Å². The maximum atomic E-state index is 12.6. The minimum absolute atomic E-state index is 0.203. The van der Waals surface area contributed by atoms with Gasteiger partial charge in [-0.1, -0.05) is 0 Å². The van der Waals surface area contributed by atoms with E-state index in [0.717, 1.165) is 36.1 Å². The predicted molar refractivity (Wildman–Crippen MR) is 134 cm³/mol. The summed E-state index contributed by atoms with van der Waals surface area (Å²) in [5.41, 5.74) is 9.48. The molecule has 0 fully saturated rings. The molecule has 1 aliphatic rings. The Kier molecular flexibility index (Phi) is 9.01. The van der Waals surface area contributed by atoms with Crippen LogP contribution in [0.5, 0.6) is 11.5 Å². The number of esters is 1. The van der Waals surface area contributed by atoms with Gasteiger partial charge < -0.3 is 25.3 Å². The van der Waals surface area contributed by atoms with E-state index in [-0.39, 0.29) is 13.2 Å². The summed E-state index contributed by atoms with van der Waals surface area (Å²) in [6, 6.07) is 4.81. The minimum atomic E-state index is -0.996. The number of anilines is 1. The molecule has 0 saturated carbocycles. The van der Waals surface area contributed by atoms with Crippen LogP contribution in [0.15, 0.2) is 23.3 Å². The number of hydrazone groups is 1. The number of nitrogens with one attached hydrogen (secondary N) is 2. The molecule has 0 bridgehead atoms. The van der Waals surface area contributed by atoms with Gasteiger partial charge in [0.2, 0.25) is 0 Å². The summed E-state index contributed by atoms with van der Waals surface area (Å²) in [7, 11) is 1.43. The molecule has 4 N–H and O–H groups in total. The third-order valence-corrected chi connectivity index (χ3v) is 6.57. The van der Waals surface area contributed by atoms with Crippen molar-refractivity contribution in [1.29, 1.82) is 0 Å². The van der Waals surface area contributed by atoms with Crippen LogP contribution in [-0.4, -0.2) is 49.7 Å². The molecule has 0 atom stereocenters. The number of amides is 3. The fourth-order valence-corrected chi connectivity index (χ4v) is 4.92. The third kappa shape index (κ3) is 6.39. The summed E-state index contributed by atoms with van der Waals surface area (Å²) < 4.78 is 15.7. The zero-order valence-electron chi connectivity index (χ0n) is 20.3. The van der Waals surface area contributed by atoms with E-state index in [2.05, 4.69) is 15.8 Å². The van der Waals surface area contributed by atoms with Gasteiger partial charge >= 0.3 is 17.8 Å². The molecule has 3 rings (SSSR count). The van der Waals surface area contributed by atoms with Crippen LogP contribution in [0.4, 0.5) is 5.00 Å². The number of hydrogen-bond donors (Lipinski definition) is 3. The number of nitrogens with zero attached hydrogens (tertiary/aromatic N) is 1. The lowest BCUT2D eigenvalue weighted by Crippen LogP contribution is -2.33. The molecule has 0 unspecified atom stereocenters. The Morgan fingerprint density at radius 3 is 2.56 bits per heavy atom. The summed E-state index contributed by atoms with van der Waals surface area (Å²) in [6.07, 6.45) is 3.48. The molecule has 11 nitrogen and oxygen atoms in total. The van der Waals surface area contributed by atoms with Crippen LogP contribution in [0, 0.1) is 0 Å². The average Bonchev–Trinajstić information content (AvgIpc) is 3.23. The SMILES string of the molecule is CCOC(=O)c1c(NC(=O)C(=O)NN=C(C)c2ccc(OCC(N)=O)c(OC)c2)sc2c1CCCC2.